The van der Waals surface area contributed by atoms with E-state index in [1.165, 1.54) is 13.0 Å². The van der Waals surface area contributed by atoms with Gasteiger partial charge in [-0.3, -0.25) is 4.79 Å². The number of hydrogen-bond donors (Lipinski definition) is 2. The van der Waals surface area contributed by atoms with E-state index in [0.717, 1.165) is 12.0 Å². The molecule has 2 aliphatic rings. The van der Waals surface area contributed by atoms with Crippen molar-refractivity contribution in [3.05, 3.63) is 47.3 Å². The van der Waals surface area contributed by atoms with Crippen LogP contribution in [-0.4, -0.2) is 34.3 Å². The van der Waals surface area contributed by atoms with Crippen LogP contribution in [0.5, 0.6) is 0 Å². The molecule has 126 valence electrons. The van der Waals surface area contributed by atoms with Crippen LogP contribution in [0.1, 0.15) is 34.1 Å². The molecule has 0 aromatic rings. The van der Waals surface area contributed by atoms with Gasteiger partial charge in [-0.2, -0.15) is 0 Å². The number of aliphatic hydroxyl groups is 2. The van der Waals surface area contributed by atoms with Crippen molar-refractivity contribution < 1.29 is 19.7 Å². The molecule has 0 saturated heterocycles. The number of carbonyl (C=O) groups excluding carboxylic acids is 1. The van der Waals surface area contributed by atoms with Crippen molar-refractivity contribution in [3.63, 3.8) is 0 Å². The fraction of sp³-hybridized carbons (Fsp3) is 0.526. The minimum absolute atomic E-state index is 0.251. The number of carbonyl (C=O) groups is 1. The van der Waals surface area contributed by atoms with Gasteiger partial charge in [-0.15, -0.1) is 0 Å². The lowest BCUT2D eigenvalue weighted by molar-refractivity contribution is -0.150. The Morgan fingerprint density at radius 1 is 1.52 bits per heavy atom. The van der Waals surface area contributed by atoms with Crippen LogP contribution in [0.2, 0.25) is 0 Å². The highest BCUT2D eigenvalue weighted by Crippen LogP contribution is 2.35. The molecule has 4 nitrogen and oxygen atoms in total. The summed E-state index contributed by atoms with van der Waals surface area (Å²) in [6.45, 7) is 7.96. The Morgan fingerprint density at radius 3 is 2.87 bits per heavy atom. The molecule has 0 fully saturated rings. The average Bonchev–Trinajstić information content (AvgIpc) is 2.51. The molecule has 0 saturated carbocycles. The highest BCUT2D eigenvalue weighted by atomic mass is 16.5. The molecule has 0 radical (unpaired) electrons. The lowest BCUT2D eigenvalue weighted by Gasteiger charge is -2.39. The van der Waals surface area contributed by atoms with E-state index in [-0.39, 0.29) is 12.5 Å². The zero-order valence-electron chi connectivity index (χ0n) is 14.2. The molecule has 0 unspecified atom stereocenters. The number of aliphatic hydroxyl groups excluding tert-OH is 1. The lowest BCUT2D eigenvalue weighted by Crippen LogP contribution is -2.54. The van der Waals surface area contributed by atoms with Crippen LogP contribution in [0, 0.1) is 11.8 Å². The highest BCUT2D eigenvalue weighted by Gasteiger charge is 2.47. The van der Waals surface area contributed by atoms with Gasteiger partial charge in [0.15, 0.2) is 11.4 Å². The van der Waals surface area contributed by atoms with E-state index in [2.05, 4.69) is 19.9 Å². The second kappa shape index (κ2) is 6.85. The SMILES string of the molecule is CC[C@H](C)C=C(C)C=CC1=CC2=CC(=O)[C@](C)(O)[C@H](O)[C@H]2CO1. The van der Waals surface area contributed by atoms with Crippen LogP contribution in [0.15, 0.2) is 47.3 Å². The Bertz CT molecular complexity index is 592. The quantitative estimate of drug-likeness (QED) is 0.782. The summed E-state index contributed by atoms with van der Waals surface area (Å²) < 4.78 is 5.65. The first-order valence-electron chi connectivity index (χ1n) is 8.13. The number of ether oxygens (including phenoxy) is 1. The van der Waals surface area contributed by atoms with Crippen LogP contribution in [0.25, 0.3) is 0 Å². The van der Waals surface area contributed by atoms with Crippen molar-refractivity contribution in [2.75, 3.05) is 6.61 Å². The first-order valence-corrected chi connectivity index (χ1v) is 8.13. The van der Waals surface area contributed by atoms with Crippen molar-refractivity contribution in [1.29, 1.82) is 0 Å². The summed E-state index contributed by atoms with van der Waals surface area (Å²) in [5, 5.41) is 20.2. The summed E-state index contributed by atoms with van der Waals surface area (Å²) in [5.41, 5.74) is 0.125. The zero-order valence-corrected chi connectivity index (χ0v) is 14.2. The second-order valence-electron chi connectivity index (χ2n) is 6.69. The normalized spacial score (nSPS) is 33.0. The van der Waals surface area contributed by atoms with Gasteiger partial charge in [-0.1, -0.05) is 38.0 Å². The van der Waals surface area contributed by atoms with E-state index in [4.69, 9.17) is 4.74 Å². The molecule has 23 heavy (non-hydrogen) atoms. The Morgan fingerprint density at radius 2 is 2.22 bits per heavy atom. The molecule has 2 N–H and O–H groups in total. The minimum Gasteiger partial charge on any atom is -0.493 e. The number of hydrogen-bond acceptors (Lipinski definition) is 4. The fourth-order valence-corrected chi connectivity index (χ4v) is 2.78. The monoisotopic (exact) mass is 318 g/mol. The smallest absolute Gasteiger partial charge is 0.189 e. The summed E-state index contributed by atoms with van der Waals surface area (Å²) >= 11 is 0. The van der Waals surface area contributed by atoms with Gasteiger partial charge in [0.25, 0.3) is 0 Å². The van der Waals surface area contributed by atoms with Gasteiger partial charge in [0.1, 0.15) is 5.76 Å². The molecule has 1 aliphatic carbocycles. The van der Waals surface area contributed by atoms with E-state index in [1.54, 1.807) is 6.08 Å². The Labute approximate surface area is 137 Å². The molecular formula is C19H26O4. The van der Waals surface area contributed by atoms with Crippen molar-refractivity contribution in [3.8, 4) is 0 Å². The predicted octanol–water partition coefficient (Wildman–Crippen LogP) is 2.69. The van der Waals surface area contributed by atoms with Crippen LogP contribution in [0.3, 0.4) is 0 Å². The van der Waals surface area contributed by atoms with Gasteiger partial charge in [-0.05, 0) is 43.6 Å². The van der Waals surface area contributed by atoms with Crippen molar-refractivity contribution in [2.45, 2.75) is 45.8 Å². The summed E-state index contributed by atoms with van der Waals surface area (Å²) in [6, 6.07) is 0. The molecule has 0 bridgehead atoms. The van der Waals surface area contributed by atoms with Crippen LogP contribution in [-0.2, 0) is 9.53 Å². The van der Waals surface area contributed by atoms with Gasteiger partial charge in [-0.25, -0.2) is 0 Å². The number of rotatable bonds is 4. The molecule has 0 aromatic heterocycles. The minimum atomic E-state index is -1.74. The maximum absolute atomic E-state index is 11.9. The van der Waals surface area contributed by atoms with Gasteiger partial charge in [0, 0.05) is 5.92 Å². The molecular weight excluding hydrogens is 292 g/mol. The third-order valence-electron chi connectivity index (χ3n) is 4.62. The first kappa shape index (κ1) is 17.7. The zero-order chi connectivity index (χ0) is 17.2. The molecule has 1 heterocycles. The maximum Gasteiger partial charge on any atom is 0.189 e. The van der Waals surface area contributed by atoms with E-state index < -0.39 is 17.5 Å². The van der Waals surface area contributed by atoms with Crippen LogP contribution in [0.4, 0.5) is 0 Å². The average molecular weight is 318 g/mol. The fourth-order valence-electron chi connectivity index (χ4n) is 2.78. The molecule has 4 atom stereocenters. The Hall–Kier alpha value is -1.65. The van der Waals surface area contributed by atoms with Crippen LogP contribution < -0.4 is 0 Å². The van der Waals surface area contributed by atoms with Gasteiger partial charge < -0.3 is 14.9 Å². The molecule has 0 aromatic carbocycles. The first-order chi connectivity index (χ1) is 10.8. The highest BCUT2D eigenvalue weighted by molar-refractivity contribution is 5.99. The third kappa shape index (κ3) is 3.82. The topological polar surface area (TPSA) is 66.8 Å². The van der Waals surface area contributed by atoms with Crippen molar-refractivity contribution in [1.82, 2.24) is 0 Å². The van der Waals surface area contributed by atoms with E-state index in [0.29, 0.717) is 17.3 Å². The molecule has 0 spiro atoms. The standard InChI is InChI=1S/C19H26O4/c1-5-12(2)8-13(3)6-7-15-9-14-10-17(20)19(4,22)18(21)16(14)11-23-15/h6-10,12,16,18,21-22H,5,11H2,1-4H3/t12-,16-,18+,19-/m0/s1. The summed E-state index contributed by atoms with van der Waals surface area (Å²) in [6.07, 6.45) is 9.17. The summed E-state index contributed by atoms with van der Waals surface area (Å²) in [5.74, 6) is 0.342. The van der Waals surface area contributed by atoms with E-state index >= 15 is 0 Å². The third-order valence-corrected chi connectivity index (χ3v) is 4.62. The van der Waals surface area contributed by atoms with E-state index in [9.17, 15) is 15.0 Å². The van der Waals surface area contributed by atoms with Crippen LogP contribution >= 0.6 is 0 Å². The van der Waals surface area contributed by atoms with Gasteiger partial charge >= 0.3 is 0 Å². The predicted molar refractivity (Wildman–Crippen MR) is 89.6 cm³/mol. The summed E-state index contributed by atoms with van der Waals surface area (Å²) in [7, 11) is 0. The maximum atomic E-state index is 11.9. The lowest BCUT2D eigenvalue weighted by atomic mass is 9.75. The largest absolute Gasteiger partial charge is 0.493 e. The van der Waals surface area contributed by atoms with E-state index in [1.807, 2.05) is 19.1 Å². The van der Waals surface area contributed by atoms with Gasteiger partial charge in [0.2, 0.25) is 0 Å². The molecule has 4 heteroatoms. The number of ketones is 1. The summed E-state index contributed by atoms with van der Waals surface area (Å²) in [4.78, 5) is 11.9. The molecule has 0 amide bonds. The second-order valence-corrected chi connectivity index (χ2v) is 6.69. The Balaban J connectivity index is 2.18. The number of allylic oxidation sites excluding steroid dienone is 5. The Kier molecular flexibility index (Phi) is 5.27. The molecule has 2 rings (SSSR count). The number of fused-ring (bicyclic) bond motifs is 1. The van der Waals surface area contributed by atoms with Gasteiger partial charge in [0.05, 0.1) is 12.7 Å². The van der Waals surface area contributed by atoms with Crippen molar-refractivity contribution in [2.24, 2.45) is 11.8 Å². The molecule has 1 aliphatic heterocycles. The van der Waals surface area contributed by atoms with Crippen molar-refractivity contribution >= 4 is 5.78 Å².